The maximum Gasteiger partial charge on any atom is 0.259 e. The molecule has 0 fully saturated rings. The molecule has 3 N–H and O–H groups in total. The van der Waals surface area contributed by atoms with Gasteiger partial charge in [-0.3, -0.25) is 9.59 Å². The van der Waals surface area contributed by atoms with Gasteiger partial charge in [0.25, 0.3) is 11.8 Å². The Hall–Kier alpha value is -3.68. The van der Waals surface area contributed by atoms with Crippen molar-refractivity contribution in [2.24, 2.45) is 5.73 Å². The Morgan fingerprint density at radius 3 is 2.56 bits per heavy atom. The van der Waals surface area contributed by atoms with Crippen LogP contribution in [0.5, 0.6) is 5.75 Å². The van der Waals surface area contributed by atoms with E-state index in [0.29, 0.717) is 22.7 Å². The summed E-state index contributed by atoms with van der Waals surface area (Å²) >= 11 is 0. The van der Waals surface area contributed by atoms with E-state index in [9.17, 15) is 14.0 Å². The lowest BCUT2D eigenvalue weighted by Gasteiger charge is -2.08. The van der Waals surface area contributed by atoms with E-state index in [0.717, 1.165) is 0 Å². The van der Waals surface area contributed by atoms with Crippen LogP contribution < -0.4 is 15.8 Å². The molecule has 0 radical (unpaired) electrons. The topological polar surface area (TPSA) is 99.2 Å². The van der Waals surface area contributed by atoms with Crippen molar-refractivity contribution in [2.45, 2.75) is 6.92 Å². The number of aromatic nitrogens is 2. The summed E-state index contributed by atoms with van der Waals surface area (Å²) in [6, 6.07) is 12.7. The highest BCUT2D eigenvalue weighted by Crippen LogP contribution is 2.20. The summed E-state index contributed by atoms with van der Waals surface area (Å²) in [5, 5.41) is 6.85. The van der Waals surface area contributed by atoms with Crippen LogP contribution >= 0.6 is 0 Å². The third-order valence-corrected chi connectivity index (χ3v) is 3.83. The van der Waals surface area contributed by atoms with Crippen molar-refractivity contribution in [2.75, 3.05) is 11.9 Å². The van der Waals surface area contributed by atoms with Crippen molar-refractivity contribution < 1.29 is 18.7 Å². The quantitative estimate of drug-likeness (QED) is 0.698. The third kappa shape index (κ3) is 4.12. The van der Waals surface area contributed by atoms with Gasteiger partial charge in [0, 0.05) is 5.69 Å². The monoisotopic (exact) mass is 368 g/mol. The molecular weight excluding hydrogens is 351 g/mol. The molecule has 2 aromatic carbocycles. The van der Waals surface area contributed by atoms with Gasteiger partial charge < -0.3 is 15.8 Å². The highest BCUT2D eigenvalue weighted by molar-refractivity contribution is 6.05. The molecule has 27 heavy (non-hydrogen) atoms. The number of halogens is 1. The minimum Gasteiger partial charge on any atom is -0.484 e. The number of primary amides is 1. The molecule has 0 saturated heterocycles. The highest BCUT2D eigenvalue weighted by Gasteiger charge is 2.17. The summed E-state index contributed by atoms with van der Waals surface area (Å²) in [4.78, 5) is 23.2. The van der Waals surface area contributed by atoms with Gasteiger partial charge in [-0.15, -0.1) is 0 Å². The molecule has 7 nitrogen and oxygen atoms in total. The minimum absolute atomic E-state index is 0.222. The number of hydrogen-bond donors (Lipinski definition) is 2. The molecule has 3 rings (SSSR count). The van der Waals surface area contributed by atoms with Crippen molar-refractivity contribution in [3.8, 4) is 11.4 Å². The number of nitrogens with zero attached hydrogens (tertiary/aromatic N) is 2. The average Bonchev–Trinajstić information content (AvgIpc) is 3.03. The van der Waals surface area contributed by atoms with Crippen LogP contribution in [0.1, 0.15) is 16.1 Å². The molecule has 0 aliphatic rings. The molecule has 0 saturated carbocycles. The van der Waals surface area contributed by atoms with Crippen LogP contribution in [0, 0.1) is 12.7 Å². The number of para-hydroxylation sites is 1. The van der Waals surface area contributed by atoms with Crippen molar-refractivity contribution in [3.05, 3.63) is 71.8 Å². The normalized spacial score (nSPS) is 10.4. The first-order valence-corrected chi connectivity index (χ1v) is 8.08. The lowest BCUT2D eigenvalue weighted by molar-refractivity contribution is -0.119. The minimum atomic E-state index is -0.574. The second-order valence-electron chi connectivity index (χ2n) is 5.74. The van der Waals surface area contributed by atoms with E-state index in [1.54, 1.807) is 49.4 Å². The predicted octanol–water partition coefficient (Wildman–Crippen LogP) is 2.44. The summed E-state index contributed by atoms with van der Waals surface area (Å²) in [7, 11) is 0. The Morgan fingerprint density at radius 2 is 1.89 bits per heavy atom. The van der Waals surface area contributed by atoms with Crippen LogP contribution in [0.25, 0.3) is 5.69 Å². The summed E-state index contributed by atoms with van der Waals surface area (Å²) in [5.74, 6) is -0.923. The fourth-order valence-electron chi connectivity index (χ4n) is 2.49. The van der Waals surface area contributed by atoms with Crippen LogP contribution in [-0.4, -0.2) is 28.2 Å². The zero-order valence-electron chi connectivity index (χ0n) is 14.5. The molecule has 0 aliphatic heterocycles. The Morgan fingerprint density at radius 1 is 1.19 bits per heavy atom. The lowest BCUT2D eigenvalue weighted by Crippen LogP contribution is -2.20. The van der Waals surface area contributed by atoms with Crippen LogP contribution in [-0.2, 0) is 4.79 Å². The van der Waals surface area contributed by atoms with Crippen LogP contribution in [0.4, 0.5) is 10.1 Å². The molecular formula is C19H17FN4O3. The van der Waals surface area contributed by atoms with Gasteiger partial charge in [-0.25, -0.2) is 9.07 Å². The number of carbonyl (C=O) groups is 2. The molecule has 0 unspecified atom stereocenters. The second kappa shape index (κ2) is 7.69. The molecule has 2 amide bonds. The van der Waals surface area contributed by atoms with E-state index in [-0.39, 0.29) is 18.2 Å². The van der Waals surface area contributed by atoms with Gasteiger partial charge in [0.15, 0.2) is 6.61 Å². The first-order chi connectivity index (χ1) is 13.0. The van der Waals surface area contributed by atoms with E-state index < -0.39 is 11.7 Å². The summed E-state index contributed by atoms with van der Waals surface area (Å²) in [6.45, 7) is 1.47. The van der Waals surface area contributed by atoms with Gasteiger partial charge in [-0.1, -0.05) is 12.1 Å². The molecule has 0 spiro atoms. The highest BCUT2D eigenvalue weighted by atomic mass is 19.1. The first kappa shape index (κ1) is 18.1. The van der Waals surface area contributed by atoms with Crippen LogP contribution in [0.15, 0.2) is 54.7 Å². The lowest BCUT2D eigenvalue weighted by atomic mass is 10.2. The summed E-state index contributed by atoms with van der Waals surface area (Å²) in [5.41, 5.74) is 6.66. The number of hydrogen-bond acceptors (Lipinski definition) is 4. The van der Waals surface area contributed by atoms with E-state index in [1.165, 1.54) is 16.9 Å². The van der Waals surface area contributed by atoms with Gasteiger partial charge in [-0.2, -0.15) is 5.10 Å². The van der Waals surface area contributed by atoms with Crippen molar-refractivity contribution >= 4 is 17.5 Å². The fraction of sp³-hybridized carbons (Fsp3) is 0.105. The molecule has 138 valence electrons. The molecule has 0 aliphatic carbocycles. The van der Waals surface area contributed by atoms with Gasteiger partial charge >= 0.3 is 0 Å². The molecule has 1 heterocycles. The summed E-state index contributed by atoms with van der Waals surface area (Å²) < 4.78 is 20.5. The SMILES string of the molecule is Cc1c(C(=O)Nc2ccc(OCC(N)=O)cc2)cnn1-c1ccccc1F. The number of anilines is 1. The Bertz CT molecular complexity index is 983. The standard InChI is InChI=1S/C19H17FN4O3/c1-12-15(10-22-24(12)17-5-3-2-4-16(17)20)19(26)23-13-6-8-14(9-7-13)27-11-18(21)25/h2-10H,11H2,1H3,(H2,21,25)(H,23,26). The Balaban J connectivity index is 1.74. The molecule has 3 aromatic rings. The average molecular weight is 368 g/mol. The molecule has 1 aromatic heterocycles. The molecule has 0 bridgehead atoms. The number of rotatable bonds is 6. The largest absolute Gasteiger partial charge is 0.484 e. The zero-order chi connectivity index (χ0) is 19.4. The first-order valence-electron chi connectivity index (χ1n) is 8.08. The Kier molecular flexibility index (Phi) is 5.16. The van der Waals surface area contributed by atoms with E-state index >= 15 is 0 Å². The maximum absolute atomic E-state index is 14.0. The number of ether oxygens (including phenoxy) is 1. The van der Waals surface area contributed by atoms with Crippen LogP contribution in [0.2, 0.25) is 0 Å². The maximum atomic E-state index is 14.0. The number of nitrogens with two attached hydrogens (primary N) is 1. The summed E-state index contributed by atoms with van der Waals surface area (Å²) in [6.07, 6.45) is 1.39. The van der Waals surface area contributed by atoms with Crippen LogP contribution in [0.3, 0.4) is 0 Å². The van der Waals surface area contributed by atoms with Crippen molar-refractivity contribution in [1.29, 1.82) is 0 Å². The molecule has 0 atom stereocenters. The number of nitrogens with one attached hydrogen (secondary N) is 1. The zero-order valence-corrected chi connectivity index (χ0v) is 14.5. The second-order valence-corrected chi connectivity index (χ2v) is 5.74. The van der Waals surface area contributed by atoms with Gasteiger partial charge in [0.1, 0.15) is 17.3 Å². The van der Waals surface area contributed by atoms with Gasteiger partial charge in [0.2, 0.25) is 0 Å². The smallest absolute Gasteiger partial charge is 0.259 e. The van der Waals surface area contributed by atoms with Gasteiger partial charge in [-0.05, 0) is 43.3 Å². The van der Waals surface area contributed by atoms with Crippen molar-refractivity contribution in [3.63, 3.8) is 0 Å². The van der Waals surface area contributed by atoms with Crippen molar-refractivity contribution in [1.82, 2.24) is 9.78 Å². The Labute approximate surface area is 154 Å². The number of amides is 2. The van der Waals surface area contributed by atoms with E-state index in [2.05, 4.69) is 10.4 Å². The number of benzene rings is 2. The fourth-order valence-corrected chi connectivity index (χ4v) is 2.49. The molecule has 8 heteroatoms. The number of carbonyl (C=O) groups excluding carboxylic acids is 2. The third-order valence-electron chi connectivity index (χ3n) is 3.83. The van der Waals surface area contributed by atoms with Gasteiger partial charge in [0.05, 0.1) is 17.5 Å². The van der Waals surface area contributed by atoms with E-state index in [4.69, 9.17) is 10.5 Å². The predicted molar refractivity (Wildman–Crippen MR) is 97.3 cm³/mol. The van der Waals surface area contributed by atoms with E-state index in [1.807, 2.05) is 0 Å².